The van der Waals surface area contributed by atoms with Crippen molar-refractivity contribution in [3.63, 3.8) is 0 Å². The third kappa shape index (κ3) is 5.38. The van der Waals surface area contributed by atoms with Crippen molar-refractivity contribution in [2.75, 3.05) is 23.3 Å². The number of anilines is 2. The highest BCUT2D eigenvalue weighted by Crippen LogP contribution is 2.38. The number of rotatable bonds is 5. The summed E-state index contributed by atoms with van der Waals surface area (Å²) in [4.78, 5) is 13.5. The molecule has 0 unspecified atom stereocenters. The van der Waals surface area contributed by atoms with E-state index in [-0.39, 0.29) is 17.6 Å². The first-order chi connectivity index (χ1) is 18.5. The molecule has 1 aliphatic rings. The van der Waals surface area contributed by atoms with E-state index in [9.17, 15) is 22.4 Å². The number of hydrogen-bond acceptors (Lipinski definition) is 3. The van der Waals surface area contributed by atoms with Gasteiger partial charge in [-0.1, -0.05) is 29.8 Å². The van der Waals surface area contributed by atoms with Crippen molar-refractivity contribution in [2.45, 2.75) is 38.5 Å². The van der Waals surface area contributed by atoms with Crippen LogP contribution in [0, 0.1) is 11.2 Å². The molecule has 1 aromatic heterocycles. The molecule has 0 radical (unpaired) electrons. The molecular formula is C28H26ClF4N5O. The highest BCUT2D eigenvalue weighted by Gasteiger charge is 2.33. The molecule has 0 aliphatic carbocycles. The van der Waals surface area contributed by atoms with E-state index in [2.05, 4.69) is 5.32 Å². The van der Waals surface area contributed by atoms with Crippen LogP contribution in [-0.4, -0.2) is 28.1 Å². The first-order valence-electron chi connectivity index (χ1n) is 12.4. The Bertz CT molecular complexity index is 1600. The maximum absolute atomic E-state index is 14.3. The van der Waals surface area contributed by atoms with Crippen LogP contribution in [0.3, 0.4) is 0 Å². The Balaban J connectivity index is 1.47. The molecule has 1 amide bonds. The maximum atomic E-state index is 14.3. The Hall–Kier alpha value is -3.79. The minimum Gasteiger partial charge on any atom is -0.370 e. The number of benzene rings is 3. The van der Waals surface area contributed by atoms with Crippen molar-refractivity contribution in [2.24, 2.45) is 0 Å². The van der Waals surface area contributed by atoms with Gasteiger partial charge < -0.3 is 19.4 Å². The molecular weight excluding hydrogens is 534 g/mol. The second kappa shape index (κ2) is 10.4. The van der Waals surface area contributed by atoms with E-state index in [4.69, 9.17) is 17.0 Å². The smallest absolute Gasteiger partial charge is 0.370 e. The molecule has 0 spiro atoms. The summed E-state index contributed by atoms with van der Waals surface area (Å²) in [6.07, 6.45) is -3.51. The number of hydrogen-bond donors (Lipinski definition) is 2. The van der Waals surface area contributed by atoms with Crippen LogP contribution >= 0.6 is 11.6 Å². The Labute approximate surface area is 226 Å². The molecule has 0 bridgehead atoms. The van der Waals surface area contributed by atoms with Crippen molar-refractivity contribution in [3.8, 4) is 0 Å². The fourth-order valence-corrected chi connectivity index (χ4v) is 5.43. The van der Waals surface area contributed by atoms with Gasteiger partial charge in [-0.2, -0.15) is 13.2 Å². The first-order valence-corrected chi connectivity index (χ1v) is 12.8. The van der Waals surface area contributed by atoms with E-state index in [0.717, 1.165) is 17.7 Å². The average Bonchev–Trinajstić information content (AvgIpc) is 3.15. The van der Waals surface area contributed by atoms with Crippen LogP contribution in [0.15, 0.2) is 60.7 Å². The Morgan fingerprint density at radius 1 is 1.05 bits per heavy atom. The van der Waals surface area contributed by atoms with Crippen LogP contribution in [0.25, 0.3) is 11.0 Å². The number of amides is 1. The zero-order chi connectivity index (χ0) is 27.9. The van der Waals surface area contributed by atoms with Crippen LogP contribution in [-0.2, 0) is 17.5 Å². The molecule has 204 valence electrons. The minimum absolute atomic E-state index is 0.180. The molecule has 0 atom stereocenters. The standard InChI is InChI=1S/C28H26ClF4N5O/c1-17(39)35-23-8-6-19(28(31,32)33)14-25(23)36-12-10-21(11-13-36)38-26-15-20(30)7-9-24(26)37(27(38)34)16-18-4-2-3-5-22(18)29/h2-9,14-15,21,34H,10-13,16H2,1H3,(H,35,39). The van der Waals surface area contributed by atoms with Crippen molar-refractivity contribution in [1.82, 2.24) is 9.13 Å². The molecule has 2 N–H and O–H groups in total. The van der Waals surface area contributed by atoms with Crippen molar-refractivity contribution < 1.29 is 22.4 Å². The van der Waals surface area contributed by atoms with E-state index in [1.807, 2.05) is 23.1 Å². The largest absolute Gasteiger partial charge is 0.416 e. The Morgan fingerprint density at radius 2 is 1.77 bits per heavy atom. The monoisotopic (exact) mass is 559 g/mol. The summed E-state index contributed by atoms with van der Waals surface area (Å²) in [5, 5.41) is 12.2. The highest BCUT2D eigenvalue weighted by atomic mass is 35.5. The highest BCUT2D eigenvalue weighted by molar-refractivity contribution is 6.31. The number of carbonyl (C=O) groups is 1. The second-order valence-corrected chi connectivity index (χ2v) is 10.0. The predicted octanol–water partition coefficient (Wildman–Crippen LogP) is 6.58. The number of fused-ring (bicyclic) bond motifs is 1. The molecule has 2 heterocycles. The number of nitrogens with one attached hydrogen (secondary N) is 2. The van der Waals surface area contributed by atoms with Gasteiger partial charge in [0.25, 0.3) is 0 Å². The molecule has 1 aliphatic heterocycles. The third-order valence-corrected chi connectivity index (χ3v) is 7.43. The van der Waals surface area contributed by atoms with E-state index < -0.39 is 17.6 Å². The SMILES string of the molecule is CC(=O)Nc1ccc(C(F)(F)F)cc1N1CCC(n2c(=N)n(Cc3ccccc3Cl)c3ccc(F)cc32)CC1. The lowest BCUT2D eigenvalue weighted by Gasteiger charge is -2.35. The molecule has 11 heteroatoms. The van der Waals surface area contributed by atoms with Crippen LogP contribution in [0.1, 0.15) is 36.9 Å². The van der Waals surface area contributed by atoms with Crippen molar-refractivity contribution >= 4 is 39.9 Å². The molecule has 4 aromatic rings. The topological polar surface area (TPSA) is 66.1 Å². The molecule has 6 nitrogen and oxygen atoms in total. The van der Waals surface area contributed by atoms with Gasteiger partial charge in [-0.05, 0) is 60.9 Å². The van der Waals surface area contributed by atoms with Crippen LogP contribution < -0.4 is 15.8 Å². The van der Waals surface area contributed by atoms with Gasteiger partial charge in [-0.25, -0.2) is 4.39 Å². The summed E-state index contributed by atoms with van der Waals surface area (Å²) in [6.45, 7) is 2.41. The van der Waals surface area contributed by atoms with E-state index >= 15 is 0 Å². The summed E-state index contributed by atoms with van der Waals surface area (Å²) in [7, 11) is 0. The molecule has 3 aromatic carbocycles. The second-order valence-electron chi connectivity index (χ2n) is 9.63. The van der Waals surface area contributed by atoms with Crippen LogP contribution in [0.2, 0.25) is 5.02 Å². The van der Waals surface area contributed by atoms with Gasteiger partial charge in [-0.3, -0.25) is 10.2 Å². The summed E-state index contributed by atoms with van der Waals surface area (Å²) in [5.74, 6) is -0.804. The van der Waals surface area contributed by atoms with Gasteiger partial charge in [-0.15, -0.1) is 0 Å². The summed E-state index contributed by atoms with van der Waals surface area (Å²) >= 11 is 6.37. The summed E-state index contributed by atoms with van der Waals surface area (Å²) < 4.78 is 58.3. The van der Waals surface area contributed by atoms with Gasteiger partial charge in [0.1, 0.15) is 5.82 Å². The zero-order valence-electron chi connectivity index (χ0n) is 21.0. The molecule has 1 saturated heterocycles. The maximum Gasteiger partial charge on any atom is 0.416 e. The number of piperidine rings is 1. The van der Waals surface area contributed by atoms with Gasteiger partial charge in [0.2, 0.25) is 11.5 Å². The number of alkyl halides is 3. The number of halogens is 5. The van der Waals surface area contributed by atoms with Crippen molar-refractivity contribution in [1.29, 1.82) is 5.41 Å². The van der Waals surface area contributed by atoms with Gasteiger partial charge in [0.15, 0.2) is 0 Å². The zero-order valence-corrected chi connectivity index (χ0v) is 21.8. The average molecular weight is 560 g/mol. The third-order valence-electron chi connectivity index (χ3n) is 7.06. The molecule has 5 rings (SSSR count). The summed E-state index contributed by atoms with van der Waals surface area (Å²) in [5.41, 5.74) is 2.08. The van der Waals surface area contributed by atoms with E-state index in [0.29, 0.717) is 59.9 Å². The lowest BCUT2D eigenvalue weighted by Crippen LogP contribution is -2.38. The normalized spacial score (nSPS) is 14.7. The van der Waals surface area contributed by atoms with E-state index in [1.54, 1.807) is 21.3 Å². The lowest BCUT2D eigenvalue weighted by molar-refractivity contribution is -0.137. The van der Waals surface area contributed by atoms with Gasteiger partial charge >= 0.3 is 6.18 Å². The van der Waals surface area contributed by atoms with Gasteiger partial charge in [0.05, 0.1) is 34.5 Å². The Morgan fingerprint density at radius 3 is 2.44 bits per heavy atom. The van der Waals surface area contributed by atoms with Crippen LogP contribution in [0.4, 0.5) is 28.9 Å². The first kappa shape index (κ1) is 26.8. The minimum atomic E-state index is -4.52. The predicted molar refractivity (Wildman–Crippen MR) is 143 cm³/mol. The van der Waals surface area contributed by atoms with Crippen molar-refractivity contribution in [3.05, 3.63) is 88.2 Å². The number of carbonyl (C=O) groups excluding carboxylic acids is 1. The fourth-order valence-electron chi connectivity index (χ4n) is 5.23. The number of imidazole rings is 1. The quantitative estimate of drug-likeness (QED) is 0.271. The molecule has 0 saturated carbocycles. The lowest BCUT2D eigenvalue weighted by atomic mass is 10.0. The molecule has 39 heavy (non-hydrogen) atoms. The van der Waals surface area contributed by atoms with E-state index in [1.165, 1.54) is 25.1 Å². The fraction of sp³-hybridized carbons (Fsp3) is 0.286. The number of nitrogens with zero attached hydrogens (tertiary/aromatic N) is 3. The Kier molecular flexibility index (Phi) is 7.15. The van der Waals surface area contributed by atoms with Crippen LogP contribution in [0.5, 0.6) is 0 Å². The van der Waals surface area contributed by atoms with Gasteiger partial charge in [0, 0.05) is 31.1 Å². The number of aromatic nitrogens is 2. The summed E-state index contributed by atoms with van der Waals surface area (Å²) in [6, 6.07) is 14.8. The molecule has 1 fully saturated rings.